The normalized spacial score (nSPS) is 39.5. The molecule has 1 saturated carbocycles. The Kier molecular flexibility index (Phi) is 6.97. The quantitative estimate of drug-likeness (QED) is 0.269. The van der Waals surface area contributed by atoms with Crippen molar-refractivity contribution >= 4 is 12.1 Å². The molecule has 162 valence electrons. The second-order valence-corrected chi connectivity index (χ2v) is 9.22. The second-order valence-electron chi connectivity index (χ2n) is 9.22. The van der Waals surface area contributed by atoms with Gasteiger partial charge < -0.3 is 33.7 Å². The van der Waals surface area contributed by atoms with Crippen LogP contribution in [-0.2, 0) is 23.7 Å². The summed E-state index contributed by atoms with van der Waals surface area (Å²) in [7, 11) is 1.63. The second kappa shape index (κ2) is 8.71. The maximum atomic E-state index is 12.5. The third-order valence-corrected chi connectivity index (χ3v) is 6.96. The molecule has 1 amide bonds. The fourth-order valence-corrected chi connectivity index (χ4v) is 5.05. The molecule has 3 heterocycles. The summed E-state index contributed by atoms with van der Waals surface area (Å²) in [6.45, 7) is 7.17. The average Bonchev–Trinajstić information content (AvgIpc) is 3.51. The molecule has 4 rings (SSSR count). The summed E-state index contributed by atoms with van der Waals surface area (Å²) in [5.74, 6) is -1.78. The number of carbonyl (C=O) groups excluding carboxylic acids is 2. The minimum atomic E-state index is -1.13. The van der Waals surface area contributed by atoms with E-state index >= 15 is 0 Å². The molecule has 1 aliphatic carbocycles. The summed E-state index contributed by atoms with van der Waals surface area (Å²) in [6, 6.07) is 0. The van der Waals surface area contributed by atoms with Crippen LogP contribution in [0.25, 0.3) is 0 Å². The molecule has 0 aromatic heterocycles. The van der Waals surface area contributed by atoms with Crippen LogP contribution in [0.15, 0.2) is 11.6 Å². The number of aliphatic carboxylic acids is 1. The number of carbonyl (C=O) groups is 2. The van der Waals surface area contributed by atoms with Gasteiger partial charge in [0.1, 0.15) is 23.4 Å². The van der Waals surface area contributed by atoms with E-state index in [4.69, 9.17) is 18.9 Å². The summed E-state index contributed by atoms with van der Waals surface area (Å²) in [5.41, 5.74) is 0.600. The van der Waals surface area contributed by atoms with Gasteiger partial charge in [0, 0.05) is 32.1 Å². The number of hydrogen-bond acceptors (Lipinski definition) is 7. The first-order valence-electron chi connectivity index (χ1n) is 10.3. The zero-order valence-corrected chi connectivity index (χ0v) is 20.5. The molecule has 0 unspecified atom stereocenters. The smallest absolute Gasteiger partial charge is 0.550 e. The first kappa shape index (κ1) is 24.0. The molecule has 1 spiro atoms. The molecular formula is C21H30NNaO7. The number of amides is 1. The molecule has 4 aliphatic rings. The number of epoxide rings is 2. The standard InChI is InChI=1S/C21H31NO7.Na/c1-12(2)5-6-15-20(3,29-15)17-16(26-4)14(7-8-21(17)11-27-21)28-19(25)22-9-13(10-22)18(23)24;/h5,13-17H,6-11H2,1-4H3,(H,23,24);/q;+1/p-1/t14-,15-,16-,17-,20+,21+;/m1./s1. The molecule has 30 heavy (non-hydrogen) atoms. The Hall–Kier alpha value is -0.640. The summed E-state index contributed by atoms with van der Waals surface area (Å²) < 4.78 is 23.7. The molecule has 6 atom stereocenters. The Balaban J connectivity index is 0.00000256. The third kappa shape index (κ3) is 4.32. The Morgan fingerprint density at radius 2 is 1.97 bits per heavy atom. The van der Waals surface area contributed by atoms with Gasteiger partial charge in [-0.3, -0.25) is 0 Å². The number of allylic oxidation sites excluding steroid dienone is 1. The summed E-state index contributed by atoms with van der Waals surface area (Å²) in [4.78, 5) is 24.7. The number of nitrogens with zero attached hydrogens (tertiary/aromatic N) is 1. The molecule has 0 radical (unpaired) electrons. The predicted octanol–water partition coefficient (Wildman–Crippen LogP) is -2.11. The van der Waals surface area contributed by atoms with Gasteiger partial charge in [-0.05, 0) is 40.0 Å². The molecule has 4 fully saturated rings. The van der Waals surface area contributed by atoms with E-state index in [9.17, 15) is 14.7 Å². The number of likely N-dealkylation sites (tertiary alicyclic amines) is 1. The van der Waals surface area contributed by atoms with Crippen LogP contribution in [0.5, 0.6) is 0 Å². The molecule has 0 aromatic carbocycles. The zero-order chi connectivity index (χ0) is 21.0. The number of carboxylic acid groups (broad SMARTS) is 1. The first-order chi connectivity index (χ1) is 13.7. The topological polar surface area (TPSA) is 104 Å². The van der Waals surface area contributed by atoms with E-state index in [1.54, 1.807) is 7.11 Å². The van der Waals surface area contributed by atoms with Crippen LogP contribution in [0.3, 0.4) is 0 Å². The van der Waals surface area contributed by atoms with Crippen molar-refractivity contribution in [2.75, 3.05) is 26.8 Å². The Morgan fingerprint density at radius 3 is 2.50 bits per heavy atom. The number of ether oxygens (including phenoxy) is 4. The van der Waals surface area contributed by atoms with Gasteiger partial charge in [-0.15, -0.1) is 0 Å². The van der Waals surface area contributed by atoms with Crippen molar-refractivity contribution in [3.63, 3.8) is 0 Å². The average molecular weight is 431 g/mol. The van der Waals surface area contributed by atoms with E-state index in [-0.39, 0.29) is 72.0 Å². The van der Waals surface area contributed by atoms with Gasteiger partial charge >= 0.3 is 35.7 Å². The van der Waals surface area contributed by atoms with Crippen molar-refractivity contribution in [3.05, 3.63) is 11.6 Å². The minimum absolute atomic E-state index is 0. The van der Waals surface area contributed by atoms with E-state index < -0.39 is 24.1 Å². The molecule has 3 saturated heterocycles. The minimum Gasteiger partial charge on any atom is -0.550 e. The van der Waals surface area contributed by atoms with Crippen LogP contribution in [0, 0.1) is 11.8 Å². The number of carboxylic acids is 1. The molecular weight excluding hydrogens is 401 g/mol. The number of methoxy groups -OCH3 is 1. The van der Waals surface area contributed by atoms with Crippen LogP contribution >= 0.6 is 0 Å². The van der Waals surface area contributed by atoms with Gasteiger partial charge in [-0.1, -0.05) is 11.6 Å². The SMILES string of the molecule is CO[C@@H]1[C@H](OC(=O)N2CC(C(=O)[O-])C2)CC[C@]2(CO2)[C@H]1[C@@]1(C)O[C@@H]1CC=C(C)C.[Na+]. The van der Waals surface area contributed by atoms with Crippen LogP contribution in [-0.4, -0.2) is 73.3 Å². The van der Waals surface area contributed by atoms with Gasteiger partial charge in [-0.2, -0.15) is 0 Å². The van der Waals surface area contributed by atoms with Crippen LogP contribution in [0.4, 0.5) is 4.79 Å². The number of hydrogen-bond donors (Lipinski definition) is 0. The van der Waals surface area contributed by atoms with Gasteiger partial charge in [-0.25, -0.2) is 4.79 Å². The first-order valence-corrected chi connectivity index (χ1v) is 10.3. The van der Waals surface area contributed by atoms with Gasteiger partial charge in [0.05, 0.1) is 18.6 Å². The molecule has 8 nitrogen and oxygen atoms in total. The molecule has 3 aliphatic heterocycles. The van der Waals surface area contributed by atoms with Crippen LogP contribution in [0.1, 0.15) is 40.0 Å². The van der Waals surface area contributed by atoms with Crippen molar-refractivity contribution in [2.24, 2.45) is 11.8 Å². The van der Waals surface area contributed by atoms with Crippen molar-refractivity contribution in [2.45, 2.75) is 69.5 Å². The van der Waals surface area contributed by atoms with E-state index in [2.05, 4.69) is 26.8 Å². The van der Waals surface area contributed by atoms with E-state index in [0.29, 0.717) is 13.0 Å². The fraction of sp³-hybridized carbons (Fsp3) is 0.810. The zero-order valence-electron chi connectivity index (χ0n) is 18.5. The van der Waals surface area contributed by atoms with E-state index in [1.807, 2.05) is 0 Å². The largest absolute Gasteiger partial charge is 1.00 e. The fourth-order valence-electron chi connectivity index (χ4n) is 5.05. The third-order valence-electron chi connectivity index (χ3n) is 6.96. The summed E-state index contributed by atoms with van der Waals surface area (Å²) >= 11 is 0. The maximum absolute atomic E-state index is 12.5. The van der Waals surface area contributed by atoms with E-state index in [0.717, 1.165) is 12.8 Å². The van der Waals surface area contributed by atoms with Crippen molar-refractivity contribution < 1.29 is 63.2 Å². The Labute approximate surface area is 199 Å². The van der Waals surface area contributed by atoms with Crippen molar-refractivity contribution in [3.8, 4) is 0 Å². The van der Waals surface area contributed by atoms with Gasteiger partial charge in [0.2, 0.25) is 0 Å². The van der Waals surface area contributed by atoms with Crippen LogP contribution in [0.2, 0.25) is 0 Å². The molecule has 9 heteroatoms. The monoisotopic (exact) mass is 431 g/mol. The molecule has 0 aromatic rings. The van der Waals surface area contributed by atoms with Crippen molar-refractivity contribution in [1.29, 1.82) is 0 Å². The van der Waals surface area contributed by atoms with Gasteiger partial charge in [0.25, 0.3) is 0 Å². The summed E-state index contributed by atoms with van der Waals surface area (Å²) in [6.07, 6.45) is 3.28. The predicted molar refractivity (Wildman–Crippen MR) is 99.9 cm³/mol. The number of rotatable bonds is 6. The Bertz CT molecular complexity index is 714. The van der Waals surface area contributed by atoms with Crippen LogP contribution < -0.4 is 34.7 Å². The van der Waals surface area contributed by atoms with E-state index in [1.165, 1.54) is 10.5 Å². The maximum Gasteiger partial charge on any atom is 1.00 e. The van der Waals surface area contributed by atoms with Gasteiger partial charge in [0.15, 0.2) is 0 Å². The summed E-state index contributed by atoms with van der Waals surface area (Å²) in [5, 5.41) is 10.9. The molecule has 0 N–H and O–H groups in total. The Morgan fingerprint density at radius 1 is 1.30 bits per heavy atom. The molecule has 0 bridgehead atoms. The van der Waals surface area contributed by atoms with Crippen molar-refractivity contribution in [1.82, 2.24) is 4.90 Å².